The summed E-state index contributed by atoms with van der Waals surface area (Å²) >= 11 is 0. The van der Waals surface area contributed by atoms with Crippen LogP contribution < -0.4 is 5.73 Å². The largest absolute Gasteiger partial charge is 0.327 e. The zero-order valence-electron chi connectivity index (χ0n) is 14.3. The number of hydrogen-bond donors (Lipinski definition) is 1. The lowest BCUT2D eigenvalue weighted by Gasteiger charge is -2.39. The van der Waals surface area contributed by atoms with E-state index in [9.17, 15) is 0 Å². The van der Waals surface area contributed by atoms with Crippen LogP contribution in [-0.4, -0.2) is 30.6 Å². The lowest BCUT2D eigenvalue weighted by Crippen LogP contribution is -2.46. The molecule has 120 valence electrons. The van der Waals surface area contributed by atoms with Crippen LogP contribution in [0, 0.1) is 5.41 Å². The third kappa shape index (κ3) is 7.08. The Morgan fingerprint density at radius 3 is 2.40 bits per heavy atom. The van der Waals surface area contributed by atoms with E-state index in [2.05, 4.69) is 25.7 Å². The van der Waals surface area contributed by atoms with Crippen molar-refractivity contribution in [3.63, 3.8) is 0 Å². The van der Waals surface area contributed by atoms with Crippen molar-refractivity contribution in [2.75, 3.05) is 19.6 Å². The molecule has 0 saturated carbocycles. The molecule has 0 aliphatic carbocycles. The summed E-state index contributed by atoms with van der Waals surface area (Å²) in [7, 11) is 0. The van der Waals surface area contributed by atoms with E-state index in [1.165, 1.54) is 77.3 Å². The van der Waals surface area contributed by atoms with E-state index in [-0.39, 0.29) is 0 Å². The third-order valence-electron chi connectivity index (χ3n) is 4.92. The maximum Gasteiger partial charge on any atom is 0.0168 e. The van der Waals surface area contributed by atoms with Gasteiger partial charge in [0.05, 0.1) is 0 Å². The Balaban J connectivity index is 2.43. The van der Waals surface area contributed by atoms with Gasteiger partial charge in [0.1, 0.15) is 0 Å². The molecule has 1 saturated heterocycles. The predicted octanol–water partition coefficient (Wildman–Crippen LogP) is 4.58. The summed E-state index contributed by atoms with van der Waals surface area (Å²) in [5.74, 6) is 0. The van der Waals surface area contributed by atoms with Crippen LogP contribution in [-0.2, 0) is 0 Å². The quantitative estimate of drug-likeness (QED) is 0.594. The highest BCUT2D eigenvalue weighted by Gasteiger charge is 2.28. The van der Waals surface area contributed by atoms with Crippen LogP contribution in [0.1, 0.15) is 85.0 Å². The molecule has 20 heavy (non-hydrogen) atoms. The summed E-state index contributed by atoms with van der Waals surface area (Å²) in [6, 6.07) is 0.416. The standard InChI is InChI=1S/C18H38N2/c1-4-6-8-9-13-18(3,12-7-5-2)16-20-14-10-11-17(19)15-20/h17H,4-16,19H2,1-3H3. The van der Waals surface area contributed by atoms with Gasteiger partial charge >= 0.3 is 0 Å². The molecule has 2 heteroatoms. The van der Waals surface area contributed by atoms with Crippen molar-refractivity contribution in [2.45, 2.75) is 91.0 Å². The van der Waals surface area contributed by atoms with Gasteiger partial charge < -0.3 is 10.6 Å². The molecule has 2 N–H and O–H groups in total. The van der Waals surface area contributed by atoms with Gasteiger partial charge in [-0.1, -0.05) is 59.3 Å². The van der Waals surface area contributed by atoms with E-state index in [1.54, 1.807) is 0 Å². The van der Waals surface area contributed by atoms with Crippen LogP contribution in [0.2, 0.25) is 0 Å². The lowest BCUT2D eigenvalue weighted by molar-refractivity contribution is 0.113. The van der Waals surface area contributed by atoms with Gasteiger partial charge in [-0.2, -0.15) is 0 Å². The summed E-state index contributed by atoms with van der Waals surface area (Å²) in [6.07, 6.45) is 13.6. The van der Waals surface area contributed by atoms with Gasteiger partial charge in [0.2, 0.25) is 0 Å². The van der Waals surface area contributed by atoms with Gasteiger partial charge in [-0.3, -0.25) is 0 Å². The number of unbranched alkanes of at least 4 members (excludes halogenated alkanes) is 4. The average Bonchev–Trinajstić information content (AvgIpc) is 2.42. The highest BCUT2D eigenvalue weighted by molar-refractivity contribution is 4.83. The average molecular weight is 283 g/mol. The zero-order chi connectivity index (χ0) is 14.8. The van der Waals surface area contributed by atoms with Gasteiger partial charge in [0, 0.05) is 19.1 Å². The van der Waals surface area contributed by atoms with E-state index in [4.69, 9.17) is 5.73 Å². The topological polar surface area (TPSA) is 29.3 Å². The second-order valence-electron chi connectivity index (χ2n) is 7.36. The fourth-order valence-corrected chi connectivity index (χ4v) is 3.64. The Morgan fingerprint density at radius 2 is 1.75 bits per heavy atom. The monoisotopic (exact) mass is 282 g/mol. The summed E-state index contributed by atoms with van der Waals surface area (Å²) in [6.45, 7) is 10.8. The summed E-state index contributed by atoms with van der Waals surface area (Å²) in [5, 5.41) is 0. The van der Waals surface area contributed by atoms with Crippen LogP contribution in [0.3, 0.4) is 0 Å². The predicted molar refractivity (Wildman–Crippen MR) is 90.0 cm³/mol. The first-order chi connectivity index (χ1) is 9.59. The number of hydrogen-bond acceptors (Lipinski definition) is 2. The number of piperidine rings is 1. The number of nitrogens with zero attached hydrogens (tertiary/aromatic N) is 1. The normalized spacial score (nSPS) is 23.7. The SMILES string of the molecule is CCCCCCC(C)(CCCC)CN1CCCC(N)C1. The highest BCUT2D eigenvalue weighted by Crippen LogP contribution is 2.32. The number of likely N-dealkylation sites (tertiary alicyclic amines) is 1. The van der Waals surface area contributed by atoms with Crippen molar-refractivity contribution >= 4 is 0 Å². The number of nitrogens with two attached hydrogens (primary N) is 1. The molecule has 2 nitrogen and oxygen atoms in total. The van der Waals surface area contributed by atoms with Crippen LogP contribution in [0.5, 0.6) is 0 Å². The van der Waals surface area contributed by atoms with Crippen molar-refractivity contribution < 1.29 is 0 Å². The fraction of sp³-hybridized carbons (Fsp3) is 1.00. The van der Waals surface area contributed by atoms with Gasteiger partial charge in [0.15, 0.2) is 0 Å². The molecule has 0 aromatic heterocycles. The van der Waals surface area contributed by atoms with E-state index in [1.807, 2.05) is 0 Å². The maximum atomic E-state index is 6.14. The Kier molecular flexibility index (Phi) is 8.79. The number of rotatable bonds is 10. The molecular weight excluding hydrogens is 244 g/mol. The molecule has 0 aromatic carbocycles. The second-order valence-corrected chi connectivity index (χ2v) is 7.36. The fourth-order valence-electron chi connectivity index (χ4n) is 3.64. The molecule has 0 amide bonds. The minimum Gasteiger partial charge on any atom is -0.327 e. The van der Waals surface area contributed by atoms with Gasteiger partial charge in [-0.05, 0) is 37.6 Å². The van der Waals surface area contributed by atoms with Crippen LogP contribution in [0.15, 0.2) is 0 Å². The molecule has 0 radical (unpaired) electrons. The van der Waals surface area contributed by atoms with Crippen LogP contribution in [0.25, 0.3) is 0 Å². The highest BCUT2D eigenvalue weighted by atomic mass is 15.1. The van der Waals surface area contributed by atoms with Gasteiger partial charge in [-0.25, -0.2) is 0 Å². The molecule has 1 rings (SSSR count). The molecule has 0 aromatic rings. The van der Waals surface area contributed by atoms with Gasteiger partial charge in [0.25, 0.3) is 0 Å². The Hall–Kier alpha value is -0.0800. The molecule has 2 unspecified atom stereocenters. The molecule has 2 atom stereocenters. The molecule has 0 spiro atoms. The van der Waals surface area contributed by atoms with Crippen molar-refractivity contribution in [2.24, 2.45) is 11.1 Å². The Labute approximate surface area is 127 Å². The first kappa shape index (κ1) is 18.0. The van der Waals surface area contributed by atoms with Crippen molar-refractivity contribution in [3.8, 4) is 0 Å². The smallest absolute Gasteiger partial charge is 0.0168 e. The van der Waals surface area contributed by atoms with Crippen molar-refractivity contribution in [3.05, 3.63) is 0 Å². The first-order valence-corrected chi connectivity index (χ1v) is 9.07. The second kappa shape index (κ2) is 9.78. The minimum absolute atomic E-state index is 0.416. The molecule has 1 aliphatic rings. The van der Waals surface area contributed by atoms with E-state index in [0.29, 0.717) is 11.5 Å². The van der Waals surface area contributed by atoms with E-state index >= 15 is 0 Å². The first-order valence-electron chi connectivity index (χ1n) is 9.07. The maximum absolute atomic E-state index is 6.14. The summed E-state index contributed by atoms with van der Waals surface area (Å²) in [5.41, 5.74) is 6.66. The minimum atomic E-state index is 0.416. The van der Waals surface area contributed by atoms with Crippen LogP contribution in [0.4, 0.5) is 0 Å². The molecule has 1 fully saturated rings. The molecular formula is C18H38N2. The Bertz CT molecular complexity index is 242. The van der Waals surface area contributed by atoms with Crippen molar-refractivity contribution in [1.82, 2.24) is 4.90 Å². The van der Waals surface area contributed by atoms with Crippen LogP contribution >= 0.6 is 0 Å². The summed E-state index contributed by atoms with van der Waals surface area (Å²) < 4.78 is 0. The summed E-state index contributed by atoms with van der Waals surface area (Å²) in [4.78, 5) is 2.64. The third-order valence-corrected chi connectivity index (χ3v) is 4.92. The molecule has 1 aliphatic heterocycles. The molecule has 0 bridgehead atoms. The van der Waals surface area contributed by atoms with Gasteiger partial charge in [-0.15, -0.1) is 0 Å². The zero-order valence-corrected chi connectivity index (χ0v) is 14.3. The van der Waals surface area contributed by atoms with E-state index in [0.717, 1.165) is 6.54 Å². The van der Waals surface area contributed by atoms with Crippen molar-refractivity contribution in [1.29, 1.82) is 0 Å². The lowest BCUT2D eigenvalue weighted by atomic mass is 9.79. The molecule has 1 heterocycles. The Morgan fingerprint density at radius 1 is 1.05 bits per heavy atom. The van der Waals surface area contributed by atoms with E-state index < -0.39 is 0 Å².